The predicted octanol–water partition coefficient (Wildman–Crippen LogP) is 11.7. The number of hydrogen-bond donors (Lipinski definition) is 0. The maximum atomic E-state index is 5.20. The SMILES string of the molecule is C1=CC2c3cc(-c4ccc(-c5cnc6c7ccccc7c7ccccc7c6n5)cc4)ccc3N(c3ccc(-c4ccccc4)cc3)C2C=C1. The number of anilines is 2. The third-order valence-corrected chi connectivity index (χ3v) is 10.2. The van der Waals surface area contributed by atoms with Gasteiger partial charge in [-0.1, -0.05) is 146 Å². The van der Waals surface area contributed by atoms with Crippen molar-refractivity contribution in [1.29, 1.82) is 0 Å². The molecule has 0 N–H and O–H groups in total. The normalized spacial score (nSPS) is 16.4. The van der Waals surface area contributed by atoms with Crippen molar-refractivity contribution >= 4 is 44.0 Å². The van der Waals surface area contributed by atoms with E-state index >= 15 is 0 Å². The van der Waals surface area contributed by atoms with E-state index in [-0.39, 0.29) is 6.04 Å². The Morgan fingerprint density at radius 1 is 0.469 bits per heavy atom. The summed E-state index contributed by atoms with van der Waals surface area (Å²) in [5.74, 6) is 0.298. The standard InChI is InChI=1S/C46H31N3/c1-2-10-30(11-3-1)31-22-25-35(26-23-31)49-43-17-9-8-14-38(43)41-28-34(24-27-44(41)49)32-18-20-33(21-19-32)42-29-47-45-39-15-6-4-12-36(39)37-13-5-7-16-40(37)46(45)48-42/h1-29,38,43H. The van der Waals surface area contributed by atoms with Crippen LogP contribution in [0.2, 0.25) is 0 Å². The molecule has 2 unspecified atom stereocenters. The lowest BCUT2D eigenvalue weighted by Gasteiger charge is -2.28. The Morgan fingerprint density at radius 3 is 1.80 bits per heavy atom. The van der Waals surface area contributed by atoms with E-state index in [1.165, 1.54) is 50.0 Å². The lowest BCUT2D eigenvalue weighted by molar-refractivity contribution is 0.745. The first-order chi connectivity index (χ1) is 24.3. The molecule has 0 bridgehead atoms. The molecule has 7 aromatic carbocycles. The van der Waals surface area contributed by atoms with Crippen LogP contribution in [0.3, 0.4) is 0 Å². The highest BCUT2D eigenvalue weighted by Gasteiger charge is 2.37. The van der Waals surface area contributed by atoms with Crippen molar-refractivity contribution in [3.8, 4) is 33.5 Å². The van der Waals surface area contributed by atoms with Crippen molar-refractivity contribution in [2.24, 2.45) is 0 Å². The van der Waals surface area contributed by atoms with Crippen LogP contribution in [0.5, 0.6) is 0 Å². The second-order valence-electron chi connectivity index (χ2n) is 13.0. The van der Waals surface area contributed by atoms with Gasteiger partial charge in [0.15, 0.2) is 0 Å². The molecule has 1 aliphatic carbocycles. The molecule has 2 heterocycles. The van der Waals surface area contributed by atoms with E-state index < -0.39 is 0 Å². The first-order valence-corrected chi connectivity index (χ1v) is 16.9. The minimum absolute atomic E-state index is 0.250. The molecule has 1 aliphatic heterocycles. The van der Waals surface area contributed by atoms with Crippen LogP contribution in [0.4, 0.5) is 11.4 Å². The number of rotatable bonds is 4. The summed E-state index contributed by atoms with van der Waals surface area (Å²) in [5.41, 5.74) is 12.5. The Labute approximate surface area is 285 Å². The van der Waals surface area contributed by atoms with Gasteiger partial charge in [-0.3, -0.25) is 4.98 Å². The lowest BCUT2D eigenvalue weighted by Crippen LogP contribution is -2.28. The van der Waals surface area contributed by atoms with Gasteiger partial charge >= 0.3 is 0 Å². The maximum Gasteiger partial charge on any atom is 0.0979 e. The zero-order chi connectivity index (χ0) is 32.3. The van der Waals surface area contributed by atoms with Crippen LogP contribution in [-0.4, -0.2) is 16.0 Å². The molecule has 2 aliphatic rings. The van der Waals surface area contributed by atoms with E-state index in [9.17, 15) is 0 Å². The molecule has 0 fully saturated rings. The van der Waals surface area contributed by atoms with Gasteiger partial charge in [0.05, 0.1) is 29.0 Å². The van der Waals surface area contributed by atoms with E-state index in [2.05, 4.69) is 175 Å². The van der Waals surface area contributed by atoms with Crippen LogP contribution >= 0.6 is 0 Å². The summed E-state index contributed by atoms with van der Waals surface area (Å²) in [6.45, 7) is 0. The third kappa shape index (κ3) is 4.51. The third-order valence-electron chi connectivity index (χ3n) is 10.2. The molecule has 3 nitrogen and oxygen atoms in total. The van der Waals surface area contributed by atoms with Crippen molar-refractivity contribution in [2.75, 3.05) is 4.90 Å². The highest BCUT2D eigenvalue weighted by molar-refractivity contribution is 6.23. The molecule has 2 atom stereocenters. The summed E-state index contributed by atoms with van der Waals surface area (Å²) >= 11 is 0. The molecule has 0 amide bonds. The maximum absolute atomic E-state index is 5.20. The number of hydrogen-bond acceptors (Lipinski definition) is 3. The van der Waals surface area contributed by atoms with Crippen molar-refractivity contribution in [1.82, 2.24) is 9.97 Å². The highest BCUT2D eigenvalue weighted by Crippen LogP contribution is 2.49. The molecule has 49 heavy (non-hydrogen) atoms. The van der Waals surface area contributed by atoms with E-state index in [0.29, 0.717) is 5.92 Å². The average molecular weight is 626 g/mol. The molecule has 230 valence electrons. The van der Waals surface area contributed by atoms with Crippen LogP contribution in [0, 0.1) is 0 Å². The molecular weight excluding hydrogens is 595 g/mol. The molecule has 0 radical (unpaired) electrons. The highest BCUT2D eigenvalue weighted by atomic mass is 15.2. The Bertz CT molecular complexity index is 2570. The van der Waals surface area contributed by atoms with Gasteiger partial charge in [0, 0.05) is 33.6 Å². The quantitative estimate of drug-likeness (QED) is 0.182. The van der Waals surface area contributed by atoms with Crippen molar-refractivity contribution in [3.05, 3.63) is 182 Å². The summed E-state index contributed by atoms with van der Waals surface area (Å²) in [5, 5.41) is 4.68. The van der Waals surface area contributed by atoms with Gasteiger partial charge in [-0.05, 0) is 62.9 Å². The van der Waals surface area contributed by atoms with Gasteiger partial charge in [-0.15, -0.1) is 0 Å². The van der Waals surface area contributed by atoms with Crippen molar-refractivity contribution in [2.45, 2.75) is 12.0 Å². The van der Waals surface area contributed by atoms with Gasteiger partial charge in [-0.2, -0.15) is 0 Å². The van der Waals surface area contributed by atoms with Crippen LogP contribution in [0.15, 0.2) is 176 Å². The van der Waals surface area contributed by atoms with Gasteiger partial charge < -0.3 is 4.90 Å². The number of allylic oxidation sites excluding steroid dienone is 2. The Hall–Kier alpha value is -6.32. The van der Waals surface area contributed by atoms with Crippen LogP contribution in [-0.2, 0) is 0 Å². The first-order valence-electron chi connectivity index (χ1n) is 16.9. The van der Waals surface area contributed by atoms with Crippen LogP contribution < -0.4 is 4.90 Å². The fourth-order valence-electron chi connectivity index (χ4n) is 7.86. The summed E-state index contributed by atoms with van der Waals surface area (Å²) < 4.78 is 0. The van der Waals surface area contributed by atoms with E-state index in [0.717, 1.165) is 33.1 Å². The summed E-state index contributed by atoms with van der Waals surface area (Å²) in [7, 11) is 0. The number of fused-ring (bicyclic) bond motifs is 9. The fraction of sp³-hybridized carbons (Fsp3) is 0.0435. The summed E-state index contributed by atoms with van der Waals surface area (Å²) in [4.78, 5) is 12.7. The molecule has 1 aromatic heterocycles. The van der Waals surface area contributed by atoms with Gasteiger partial charge in [0.2, 0.25) is 0 Å². The molecule has 3 heteroatoms. The monoisotopic (exact) mass is 625 g/mol. The Balaban J connectivity index is 0.995. The number of nitrogens with zero attached hydrogens (tertiary/aromatic N) is 3. The molecule has 0 saturated heterocycles. The van der Waals surface area contributed by atoms with Gasteiger partial charge in [0.1, 0.15) is 0 Å². The molecule has 10 rings (SSSR count). The average Bonchev–Trinajstić information content (AvgIpc) is 3.52. The lowest BCUT2D eigenvalue weighted by atomic mass is 9.89. The fourth-order valence-corrected chi connectivity index (χ4v) is 7.86. The minimum atomic E-state index is 0.250. The summed E-state index contributed by atoms with van der Waals surface area (Å²) in [6, 6.07) is 52.5. The van der Waals surface area contributed by atoms with E-state index in [1.807, 2.05) is 6.20 Å². The molecule has 0 spiro atoms. The molecular formula is C46H31N3. The smallest absolute Gasteiger partial charge is 0.0979 e. The van der Waals surface area contributed by atoms with E-state index in [1.54, 1.807) is 0 Å². The molecule has 8 aromatic rings. The molecule has 0 saturated carbocycles. The largest absolute Gasteiger partial charge is 0.333 e. The zero-order valence-corrected chi connectivity index (χ0v) is 26.7. The number of aromatic nitrogens is 2. The van der Waals surface area contributed by atoms with Crippen LogP contribution in [0.25, 0.3) is 66.1 Å². The van der Waals surface area contributed by atoms with Crippen molar-refractivity contribution in [3.63, 3.8) is 0 Å². The Kier molecular flexibility index (Phi) is 6.31. The van der Waals surface area contributed by atoms with Crippen LogP contribution in [0.1, 0.15) is 11.5 Å². The topological polar surface area (TPSA) is 29.0 Å². The van der Waals surface area contributed by atoms with Gasteiger partial charge in [0.25, 0.3) is 0 Å². The van der Waals surface area contributed by atoms with E-state index in [4.69, 9.17) is 9.97 Å². The minimum Gasteiger partial charge on any atom is -0.333 e. The predicted molar refractivity (Wildman–Crippen MR) is 204 cm³/mol. The summed E-state index contributed by atoms with van der Waals surface area (Å²) in [6.07, 6.45) is 11.0. The second-order valence-corrected chi connectivity index (χ2v) is 13.0. The second kappa shape index (κ2) is 11.1. The zero-order valence-electron chi connectivity index (χ0n) is 26.7. The number of benzene rings is 7. The first kappa shape index (κ1) is 27.8. The van der Waals surface area contributed by atoms with Gasteiger partial charge in [-0.25, -0.2) is 4.98 Å². The Morgan fingerprint density at radius 2 is 1.04 bits per heavy atom. The van der Waals surface area contributed by atoms with Crippen molar-refractivity contribution < 1.29 is 0 Å².